The van der Waals surface area contributed by atoms with Crippen molar-refractivity contribution in [2.24, 2.45) is 5.73 Å². The minimum Gasteiger partial charge on any atom is -0.317 e. The lowest BCUT2D eigenvalue weighted by Gasteiger charge is -2.07. The van der Waals surface area contributed by atoms with E-state index in [2.05, 4.69) is 15.3 Å². The Morgan fingerprint density at radius 2 is 2.31 bits per heavy atom. The maximum absolute atomic E-state index is 11.4. The Hall–Kier alpha value is -1.49. The van der Waals surface area contributed by atoms with E-state index in [1.54, 1.807) is 6.20 Å². The largest absolute Gasteiger partial charge is 0.317 e. The third-order valence-electron chi connectivity index (χ3n) is 2.05. The summed E-state index contributed by atoms with van der Waals surface area (Å²) in [5.74, 6) is 0.275. The number of nitrogens with two attached hydrogens (primary N) is 1. The van der Waals surface area contributed by atoms with Crippen LogP contribution in [0.3, 0.4) is 0 Å². The van der Waals surface area contributed by atoms with Gasteiger partial charge in [0.1, 0.15) is 0 Å². The van der Waals surface area contributed by atoms with Crippen LogP contribution >= 0.6 is 0 Å². The van der Waals surface area contributed by atoms with Gasteiger partial charge in [-0.25, -0.2) is 4.98 Å². The Morgan fingerprint density at radius 3 is 2.85 bits per heavy atom. The van der Waals surface area contributed by atoms with Gasteiger partial charge >= 0.3 is 0 Å². The molecule has 1 amide bonds. The molecular formula is C8H10N4O. The summed E-state index contributed by atoms with van der Waals surface area (Å²) in [7, 11) is 0. The molecule has 13 heavy (non-hydrogen) atoms. The number of carbonyl (C=O) groups excluding carboxylic acids is 1. The third kappa shape index (κ3) is 1.65. The maximum atomic E-state index is 11.4. The summed E-state index contributed by atoms with van der Waals surface area (Å²) in [4.78, 5) is 19.1. The van der Waals surface area contributed by atoms with Crippen LogP contribution in [0.15, 0.2) is 18.6 Å². The van der Waals surface area contributed by atoms with Gasteiger partial charge in [0.15, 0.2) is 5.82 Å². The lowest BCUT2D eigenvalue weighted by Crippen LogP contribution is -2.38. The summed E-state index contributed by atoms with van der Waals surface area (Å²) in [5, 5.41) is 2.61. The van der Waals surface area contributed by atoms with Gasteiger partial charge in [-0.2, -0.15) is 0 Å². The van der Waals surface area contributed by atoms with E-state index in [0.717, 1.165) is 12.8 Å². The van der Waals surface area contributed by atoms with Crippen molar-refractivity contribution >= 4 is 11.7 Å². The van der Waals surface area contributed by atoms with Crippen LogP contribution in [-0.4, -0.2) is 21.4 Å². The molecule has 1 aliphatic carbocycles. The average molecular weight is 178 g/mol. The fourth-order valence-corrected chi connectivity index (χ4v) is 0.966. The summed E-state index contributed by atoms with van der Waals surface area (Å²) < 4.78 is 0. The van der Waals surface area contributed by atoms with Crippen molar-refractivity contribution in [3.8, 4) is 0 Å². The second-order valence-electron chi connectivity index (χ2n) is 3.20. The summed E-state index contributed by atoms with van der Waals surface area (Å²) in [6, 6.07) is 0. The first-order chi connectivity index (χ1) is 6.21. The number of rotatable bonds is 2. The van der Waals surface area contributed by atoms with Crippen molar-refractivity contribution < 1.29 is 4.79 Å². The maximum Gasteiger partial charge on any atom is 0.245 e. The molecule has 0 bridgehead atoms. The molecule has 1 aliphatic rings. The van der Waals surface area contributed by atoms with Crippen LogP contribution in [0.5, 0.6) is 0 Å². The molecular weight excluding hydrogens is 168 g/mol. The van der Waals surface area contributed by atoms with E-state index in [0.29, 0.717) is 5.82 Å². The lowest BCUT2D eigenvalue weighted by molar-refractivity contribution is -0.118. The zero-order valence-corrected chi connectivity index (χ0v) is 7.03. The SMILES string of the molecule is NC1(C(=O)Nc2cnccn2)CC1. The summed E-state index contributed by atoms with van der Waals surface area (Å²) in [6.45, 7) is 0. The second kappa shape index (κ2) is 2.77. The summed E-state index contributed by atoms with van der Waals surface area (Å²) in [6.07, 6.45) is 6.05. The molecule has 2 rings (SSSR count). The highest BCUT2D eigenvalue weighted by molar-refractivity contribution is 5.99. The van der Waals surface area contributed by atoms with E-state index < -0.39 is 5.54 Å². The summed E-state index contributed by atoms with van der Waals surface area (Å²) >= 11 is 0. The van der Waals surface area contributed by atoms with Crippen LogP contribution in [0, 0.1) is 0 Å². The van der Waals surface area contributed by atoms with E-state index in [1.165, 1.54) is 12.4 Å². The van der Waals surface area contributed by atoms with Crippen molar-refractivity contribution in [3.63, 3.8) is 0 Å². The van der Waals surface area contributed by atoms with Crippen molar-refractivity contribution in [2.45, 2.75) is 18.4 Å². The van der Waals surface area contributed by atoms with Crippen molar-refractivity contribution in [1.29, 1.82) is 0 Å². The number of amides is 1. The first kappa shape index (κ1) is 8.12. The minimum absolute atomic E-state index is 0.173. The first-order valence-electron chi connectivity index (χ1n) is 4.07. The molecule has 0 unspecified atom stereocenters. The molecule has 1 fully saturated rings. The predicted molar refractivity (Wildman–Crippen MR) is 46.8 cm³/mol. The van der Waals surface area contributed by atoms with Gasteiger partial charge in [-0.05, 0) is 12.8 Å². The van der Waals surface area contributed by atoms with Crippen LogP contribution < -0.4 is 11.1 Å². The number of hydrogen-bond donors (Lipinski definition) is 2. The van der Waals surface area contributed by atoms with Crippen molar-refractivity contribution in [3.05, 3.63) is 18.6 Å². The number of nitrogens with one attached hydrogen (secondary N) is 1. The molecule has 3 N–H and O–H groups in total. The fourth-order valence-electron chi connectivity index (χ4n) is 0.966. The van der Waals surface area contributed by atoms with Crippen LogP contribution in [0.4, 0.5) is 5.82 Å². The zero-order chi connectivity index (χ0) is 9.31. The van der Waals surface area contributed by atoms with E-state index >= 15 is 0 Å². The summed E-state index contributed by atoms with van der Waals surface area (Å²) in [5.41, 5.74) is 5.02. The highest BCUT2D eigenvalue weighted by Crippen LogP contribution is 2.32. The number of aromatic nitrogens is 2. The molecule has 68 valence electrons. The Kier molecular flexibility index (Phi) is 1.73. The molecule has 1 aromatic rings. The molecule has 0 spiro atoms. The molecule has 1 saturated carbocycles. The Labute approximate surface area is 75.4 Å². The quantitative estimate of drug-likeness (QED) is 0.663. The molecule has 0 atom stereocenters. The number of anilines is 1. The first-order valence-corrected chi connectivity index (χ1v) is 4.07. The molecule has 1 heterocycles. The highest BCUT2D eigenvalue weighted by Gasteiger charge is 2.46. The van der Waals surface area contributed by atoms with Gasteiger partial charge in [-0.15, -0.1) is 0 Å². The van der Waals surface area contributed by atoms with Crippen LogP contribution in [0.1, 0.15) is 12.8 Å². The van der Waals surface area contributed by atoms with Gasteiger partial charge in [0.05, 0.1) is 11.7 Å². The van der Waals surface area contributed by atoms with E-state index in [-0.39, 0.29) is 5.91 Å². The molecule has 1 aromatic heterocycles. The van der Waals surface area contributed by atoms with Gasteiger partial charge in [-0.3, -0.25) is 9.78 Å². The zero-order valence-electron chi connectivity index (χ0n) is 7.03. The highest BCUT2D eigenvalue weighted by atomic mass is 16.2. The monoisotopic (exact) mass is 178 g/mol. The van der Waals surface area contributed by atoms with Crippen LogP contribution in [0.25, 0.3) is 0 Å². The van der Waals surface area contributed by atoms with Gasteiger partial charge in [0, 0.05) is 12.4 Å². The van der Waals surface area contributed by atoms with Crippen LogP contribution in [-0.2, 0) is 4.79 Å². The average Bonchev–Trinajstić information content (AvgIpc) is 2.87. The Morgan fingerprint density at radius 1 is 1.54 bits per heavy atom. The van der Waals surface area contributed by atoms with Gasteiger partial charge < -0.3 is 11.1 Å². The van der Waals surface area contributed by atoms with E-state index in [4.69, 9.17) is 5.73 Å². The van der Waals surface area contributed by atoms with Crippen LogP contribution in [0.2, 0.25) is 0 Å². The second-order valence-corrected chi connectivity index (χ2v) is 3.20. The standard InChI is InChI=1S/C8H10N4O/c9-8(1-2-8)7(13)12-6-5-10-3-4-11-6/h3-5H,1-2,9H2,(H,11,12,13). The fraction of sp³-hybridized carbons (Fsp3) is 0.375. The van der Waals surface area contributed by atoms with Gasteiger partial charge in [0.2, 0.25) is 5.91 Å². The molecule has 5 nitrogen and oxygen atoms in total. The van der Waals surface area contributed by atoms with E-state index in [1.807, 2.05) is 0 Å². The molecule has 0 radical (unpaired) electrons. The predicted octanol–water partition coefficient (Wildman–Crippen LogP) is -0.0936. The third-order valence-corrected chi connectivity index (χ3v) is 2.05. The molecule has 5 heteroatoms. The molecule has 0 aliphatic heterocycles. The minimum atomic E-state index is -0.655. The Balaban J connectivity index is 2.03. The van der Waals surface area contributed by atoms with E-state index in [9.17, 15) is 4.79 Å². The normalized spacial score (nSPS) is 17.9. The van der Waals surface area contributed by atoms with Crippen molar-refractivity contribution in [1.82, 2.24) is 9.97 Å². The topological polar surface area (TPSA) is 80.9 Å². The van der Waals surface area contributed by atoms with Gasteiger partial charge in [0.25, 0.3) is 0 Å². The number of carbonyl (C=O) groups is 1. The molecule has 0 saturated heterocycles. The molecule has 0 aromatic carbocycles. The number of nitrogens with zero attached hydrogens (tertiary/aromatic N) is 2. The lowest BCUT2D eigenvalue weighted by atomic mass is 10.3. The smallest absolute Gasteiger partial charge is 0.245 e. The van der Waals surface area contributed by atoms with Gasteiger partial charge in [-0.1, -0.05) is 0 Å². The number of hydrogen-bond acceptors (Lipinski definition) is 4. The van der Waals surface area contributed by atoms with Crippen molar-refractivity contribution in [2.75, 3.05) is 5.32 Å². The Bertz CT molecular complexity index is 320.